The van der Waals surface area contributed by atoms with Gasteiger partial charge in [-0.3, -0.25) is 14.9 Å². The Kier molecular flexibility index (Phi) is 3.35. The summed E-state index contributed by atoms with van der Waals surface area (Å²) < 4.78 is 1.98. The van der Waals surface area contributed by atoms with Gasteiger partial charge in [-0.2, -0.15) is 0 Å². The van der Waals surface area contributed by atoms with Crippen LogP contribution in [0.4, 0.5) is 0 Å². The van der Waals surface area contributed by atoms with E-state index >= 15 is 0 Å². The predicted octanol–water partition coefficient (Wildman–Crippen LogP) is 3.36. The highest BCUT2D eigenvalue weighted by Gasteiger charge is 2.34. The molecule has 1 N–H and O–H groups in total. The molecule has 2 amide bonds. The molecule has 0 radical (unpaired) electrons. The first-order chi connectivity index (χ1) is 12.0. The van der Waals surface area contributed by atoms with E-state index in [1.807, 2.05) is 74.1 Å². The second-order valence-corrected chi connectivity index (χ2v) is 6.45. The zero-order valence-corrected chi connectivity index (χ0v) is 14.4. The lowest BCUT2D eigenvalue weighted by Crippen LogP contribution is -2.22. The number of hydrogen-bond donors (Lipinski definition) is 1. The van der Waals surface area contributed by atoms with Crippen LogP contribution in [0, 0.1) is 13.8 Å². The van der Waals surface area contributed by atoms with E-state index < -0.39 is 0 Å². The summed E-state index contributed by atoms with van der Waals surface area (Å²) in [4.78, 5) is 25.2. The Morgan fingerprint density at radius 1 is 0.840 bits per heavy atom. The summed E-state index contributed by atoms with van der Waals surface area (Å²) in [7, 11) is 1.94. The molecule has 1 aliphatic rings. The Balaban J connectivity index is 2.08. The van der Waals surface area contributed by atoms with Crippen LogP contribution in [0.5, 0.6) is 0 Å². The summed E-state index contributed by atoms with van der Waals surface area (Å²) in [5.41, 5.74) is 5.65. The van der Waals surface area contributed by atoms with Gasteiger partial charge in [0.15, 0.2) is 0 Å². The molecule has 0 bridgehead atoms. The fraction of sp³-hybridized carbons (Fsp3) is 0.143. The molecule has 1 aliphatic heterocycles. The molecule has 0 unspecified atom stereocenters. The number of para-hydroxylation sites is 1. The third kappa shape index (κ3) is 2.22. The summed E-state index contributed by atoms with van der Waals surface area (Å²) in [5.74, 6) is -0.668. The predicted molar refractivity (Wildman–Crippen MR) is 98.8 cm³/mol. The molecule has 0 atom stereocenters. The number of nitrogens with one attached hydrogen (secondary N) is 1. The van der Waals surface area contributed by atoms with Gasteiger partial charge in [-0.1, -0.05) is 36.4 Å². The number of aromatic nitrogens is 1. The van der Waals surface area contributed by atoms with Gasteiger partial charge in [0.1, 0.15) is 0 Å². The molecule has 124 valence electrons. The van der Waals surface area contributed by atoms with Crippen molar-refractivity contribution in [1.29, 1.82) is 0 Å². The van der Waals surface area contributed by atoms with Gasteiger partial charge in [-0.25, -0.2) is 0 Å². The molecule has 0 fully saturated rings. The van der Waals surface area contributed by atoms with E-state index in [9.17, 15) is 9.59 Å². The summed E-state index contributed by atoms with van der Waals surface area (Å²) in [6.45, 7) is 3.99. The van der Waals surface area contributed by atoms with Gasteiger partial charge < -0.3 is 4.57 Å². The smallest absolute Gasteiger partial charge is 0.259 e. The highest BCUT2D eigenvalue weighted by molar-refractivity contribution is 6.50. The topological polar surface area (TPSA) is 51.1 Å². The van der Waals surface area contributed by atoms with E-state index in [0.29, 0.717) is 11.1 Å². The maximum atomic E-state index is 12.6. The number of amides is 2. The van der Waals surface area contributed by atoms with Gasteiger partial charge in [0.25, 0.3) is 11.8 Å². The molecule has 0 spiro atoms. The Bertz CT molecular complexity index is 1090. The van der Waals surface area contributed by atoms with Crippen molar-refractivity contribution in [2.75, 3.05) is 0 Å². The molecule has 0 saturated heterocycles. The zero-order valence-electron chi connectivity index (χ0n) is 14.4. The van der Waals surface area contributed by atoms with Crippen molar-refractivity contribution < 1.29 is 9.59 Å². The Labute approximate surface area is 145 Å². The lowest BCUT2D eigenvalue weighted by molar-refractivity contribution is -0.122. The molecule has 3 aromatic rings. The van der Waals surface area contributed by atoms with Gasteiger partial charge in [-0.15, -0.1) is 0 Å². The number of rotatable bonds is 2. The zero-order chi connectivity index (χ0) is 17.7. The maximum Gasteiger partial charge on any atom is 0.259 e. The summed E-state index contributed by atoms with van der Waals surface area (Å²) in [5, 5.41) is 3.44. The molecule has 2 heterocycles. The number of fused-ring (bicyclic) bond motifs is 1. The molecule has 4 nitrogen and oxygen atoms in total. The number of carbonyl (C=O) groups is 2. The first-order valence-electron chi connectivity index (χ1n) is 8.20. The van der Waals surface area contributed by atoms with Crippen molar-refractivity contribution in [3.63, 3.8) is 0 Å². The average molecular weight is 330 g/mol. The number of benzene rings is 2. The second-order valence-electron chi connectivity index (χ2n) is 6.45. The van der Waals surface area contributed by atoms with Crippen LogP contribution in [0.1, 0.15) is 22.3 Å². The summed E-state index contributed by atoms with van der Waals surface area (Å²) in [6.07, 6.45) is 1.92. The third-order valence-electron chi connectivity index (χ3n) is 4.97. The third-order valence-corrected chi connectivity index (χ3v) is 4.97. The van der Waals surface area contributed by atoms with Crippen LogP contribution in [-0.2, 0) is 16.6 Å². The first kappa shape index (κ1) is 15.4. The number of hydrogen-bond acceptors (Lipinski definition) is 2. The lowest BCUT2D eigenvalue weighted by atomic mass is 9.91. The normalized spacial score (nSPS) is 14.5. The van der Waals surface area contributed by atoms with E-state index in [-0.39, 0.29) is 11.8 Å². The van der Waals surface area contributed by atoms with E-state index in [1.165, 1.54) is 0 Å². The van der Waals surface area contributed by atoms with Crippen molar-refractivity contribution >= 4 is 33.9 Å². The average Bonchev–Trinajstić information content (AvgIpc) is 3.07. The van der Waals surface area contributed by atoms with E-state index in [4.69, 9.17) is 0 Å². The molecular weight excluding hydrogens is 312 g/mol. The molecule has 4 rings (SSSR count). The van der Waals surface area contributed by atoms with E-state index in [2.05, 4.69) is 5.32 Å². The van der Waals surface area contributed by atoms with Crippen molar-refractivity contribution in [2.45, 2.75) is 13.8 Å². The Morgan fingerprint density at radius 3 is 2.28 bits per heavy atom. The van der Waals surface area contributed by atoms with Crippen LogP contribution in [-0.4, -0.2) is 16.4 Å². The highest BCUT2D eigenvalue weighted by atomic mass is 16.2. The van der Waals surface area contributed by atoms with Crippen LogP contribution in [0.15, 0.2) is 48.7 Å². The summed E-state index contributed by atoms with van der Waals surface area (Å²) >= 11 is 0. The standard InChI is InChI=1S/C21H18N2O2/c1-12-7-6-9-14(13(12)2)18-19(21(25)22-20(18)24)16-11-23(3)17-10-5-4-8-15(16)17/h4-11H,1-3H3,(H,22,24,25). The minimum Gasteiger partial charge on any atom is -0.350 e. The van der Waals surface area contributed by atoms with E-state index in [1.54, 1.807) is 0 Å². The lowest BCUT2D eigenvalue weighted by Gasteiger charge is -2.09. The molecule has 25 heavy (non-hydrogen) atoms. The summed E-state index contributed by atoms with van der Waals surface area (Å²) in [6, 6.07) is 13.7. The number of nitrogens with zero attached hydrogens (tertiary/aromatic N) is 1. The molecule has 4 heteroatoms. The van der Waals surface area contributed by atoms with Gasteiger partial charge >= 0.3 is 0 Å². The fourth-order valence-electron chi connectivity index (χ4n) is 3.53. The van der Waals surface area contributed by atoms with Gasteiger partial charge in [0.05, 0.1) is 11.1 Å². The van der Waals surface area contributed by atoms with Crippen molar-refractivity contribution in [3.05, 3.63) is 70.9 Å². The largest absolute Gasteiger partial charge is 0.350 e. The molecule has 0 saturated carbocycles. The minimum absolute atomic E-state index is 0.332. The van der Waals surface area contributed by atoms with Gasteiger partial charge in [-0.05, 0) is 36.6 Å². The van der Waals surface area contributed by atoms with E-state index in [0.717, 1.165) is 33.2 Å². The number of carbonyl (C=O) groups excluding carboxylic acids is 2. The van der Waals surface area contributed by atoms with Crippen molar-refractivity contribution in [3.8, 4) is 0 Å². The van der Waals surface area contributed by atoms with Crippen LogP contribution >= 0.6 is 0 Å². The first-order valence-corrected chi connectivity index (χ1v) is 8.20. The highest BCUT2D eigenvalue weighted by Crippen LogP contribution is 2.37. The minimum atomic E-state index is -0.336. The number of imide groups is 1. The van der Waals surface area contributed by atoms with Crippen LogP contribution in [0.3, 0.4) is 0 Å². The maximum absolute atomic E-state index is 12.6. The van der Waals surface area contributed by atoms with Crippen LogP contribution in [0.25, 0.3) is 22.0 Å². The molecule has 1 aromatic heterocycles. The van der Waals surface area contributed by atoms with Crippen molar-refractivity contribution in [2.24, 2.45) is 7.05 Å². The number of aryl methyl sites for hydroxylation is 2. The molecular formula is C21H18N2O2. The van der Waals surface area contributed by atoms with Crippen molar-refractivity contribution in [1.82, 2.24) is 9.88 Å². The SMILES string of the molecule is Cc1cccc(C2=C(c3cn(C)c4ccccc34)C(=O)NC2=O)c1C. The quantitative estimate of drug-likeness (QED) is 0.733. The Hall–Kier alpha value is -3.14. The van der Waals surface area contributed by atoms with Crippen LogP contribution < -0.4 is 5.32 Å². The van der Waals surface area contributed by atoms with Gasteiger partial charge in [0, 0.05) is 29.7 Å². The monoisotopic (exact) mass is 330 g/mol. The second kappa shape index (κ2) is 5.45. The Morgan fingerprint density at radius 2 is 1.52 bits per heavy atom. The fourth-order valence-corrected chi connectivity index (χ4v) is 3.53. The molecule has 2 aromatic carbocycles. The molecule has 0 aliphatic carbocycles. The van der Waals surface area contributed by atoms with Gasteiger partial charge in [0.2, 0.25) is 0 Å². The van der Waals surface area contributed by atoms with Crippen LogP contribution in [0.2, 0.25) is 0 Å².